The van der Waals surface area contributed by atoms with Crippen LogP contribution in [0.5, 0.6) is 11.5 Å². The zero-order valence-corrected chi connectivity index (χ0v) is 14.6. The summed E-state index contributed by atoms with van der Waals surface area (Å²) in [5.41, 5.74) is 1.64. The third kappa shape index (κ3) is 3.62. The van der Waals surface area contributed by atoms with E-state index in [9.17, 15) is 8.78 Å². The molecule has 0 aliphatic heterocycles. The molecule has 0 fully saturated rings. The Hall–Kier alpha value is -2.69. The second-order valence-corrected chi connectivity index (χ2v) is 5.98. The Labute approximate surface area is 150 Å². The monoisotopic (exact) mass is 360 g/mol. The van der Waals surface area contributed by atoms with Crippen LogP contribution in [0.4, 0.5) is 13.2 Å². The summed E-state index contributed by atoms with van der Waals surface area (Å²) in [6, 6.07) is 13.4. The van der Waals surface area contributed by atoms with Crippen LogP contribution >= 0.6 is 0 Å². The number of hydrogen-bond acceptors (Lipinski definition) is 2. The summed E-state index contributed by atoms with van der Waals surface area (Å²) in [7, 11) is 1.49. The van der Waals surface area contributed by atoms with E-state index in [0.29, 0.717) is 22.1 Å². The molecule has 0 unspecified atom stereocenters. The van der Waals surface area contributed by atoms with E-state index in [-0.39, 0.29) is 11.3 Å². The maximum absolute atomic E-state index is 15.2. The number of hydrogen-bond donors (Lipinski definition) is 0. The van der Waals surface area contributed by atoms with Crippen molar-refractivity contribution in [1.29, 1.82) is 0 Å². The molecule has 0 aliphatic rings. The fraction of sp³-hybridized carbons (Fsp3) is 0.238. The van der Waals surface area contributed by atoms with Gasteiger partial charge >= 0.3 is 6.61 Å². The minimum absolute atomic E-state index is 0.0333. The third-order valence-corrected chi connectivity index (χ3v) is 4.25. The minimum Gasteiger partial charge on any atom is -0.497 e. The summed E-state index contributed by atoms with van der Waals surface area (Å²) in [4.78, 5) is 0. The first-order valence-corrected chi connectivity index (χ1v) is 8.38. The summed E-state index contributed by atoms with van der Waals surface area (Å²) in [5, 5.41) is 0.754. The van der Waals surface area contributed by atoms with Crippen LogP contribution in [0.2, 0.25) is 0 Å². The molecule has 26 heavy (non-hydrogen) atoms. The summed E-state index contributed by atoms with van der Waals surface area (Å²) in [6.07, 6.45) is 1.89. The molecular formula is C21H19F3O2. The van der Waals surface area contributed by atoms with Gasteiger partial charge in [-0.2, -0.15) is 8.78 Å². The molecule has 0 radical (unpaired) electrons. The Morgan fingerprint density at radius 3 is 2.35 bits per heavy atom. The van der Waals surface area contributed by atoms with E-state index in [0.717, 1.165) is 18.4 Å². The third-order valence-electron chi connectivity index (χ3n) is 4.25. The van der Waals surface area contributed by atoms with E-state index in [1.165, 1.54) is 13.2 Å². The molecule has 0 spiro atoms. The van der Waals surface area contributed by atoms with Crippen molar-refractivity contribution in [3.05, 3.63) is 59.9 Å². The molecular weight excluding hydrogens is 341 g/mol. The lowest BCUT2D eigenvalue weighted by Gasteiger charge is -2.15. The van der Waals surface area contributed by atoms with Gasteiger partial charge in [-0.05, 0) is 47.2 Å². The highest BCUT2D eigenvalue weighted by Gasteiger charge is 2.19. The number of methoxy groups -OCH3 is 1. The van der Waals surface area contributed by atoms with E-state index in [1.54, 1.807) is 30.3 Å². The number of halogens is 3. The average molecular weight is 360 g/mol. The number of aryl methyl sites for hydroxylation is 1. The number of fused-ring (bicyclic) bond motifs is 1. The van der Waals surface area contributed by atoms with Crippen molar-refractivity contribution in [1.82, 2.24) is 0 Å². The van der Waals surface area contributed by atoms with Crippen LogP contribution in [0, 0.1) is 5.82 Å². The highest BCUT2D eigenvalue weighted by molar-refractivity contribution is 5.92. The van der Waals surface area contributed by atoms with Crippen LogP contribution in [0.25, 0.3) is 21.9 Å². The number of rotatable bonds is 6. The molecule has 0 aromatic heterocycles. The normalized spacial score (nSPS) is 11.2. The van der Waals surface area contributed by atoms with Crippen molar-refractivity contribution in [2.75, 3.05) is 7.11 Å². The van der Waals surface area contributed by atoms with Gasteiger partial charge in [-0.25, -0.2) is 4.39 Å². The van der Waals surface area contributed by atoms with Crippen LogP contribution in [-0.4, -0.2) is 13.7 Å². The zero-order valence-electron chi connectivity index (χ0n) is 14.6. The zero-order chi connectivity index (χ0) is 18.7. The van der Waals surface area contributed by atoms with Crippen molar-refractivity contribution in [2.24, 2.45) is 0 Å². The summed E-state index contributed by atoms with van der Waals surface area (Å²) >= 11 is 0. The Morgan fingerprint density at radius 2 is 1.73 bits per heavy atom. The molecule has 3 aromatic rings. The number of alkyl halides is 2. The molecule has 2 nitrogen and oxygen atoms in total. The lowest BCUT2D eigenvalue weighted by atomic mass is 9.97. The minimum atomic E-state index is -3.05. The van der Waals surface area contributed by atoms with Crippen molar-refractivity contribution in [3.63, 3.8) is 0 Å². The summed E-state index contributed by atoms with van der Waals surface area (Å²) < 4.78 is 50.7. The molecule has 0 bridgehead atoms. The van der Waals surface area contributed by atoms with Gasteiger partial charge in [-0.3, -0.25) is 0 Å². The topological polar surface area (TPSA) is 18.5 Å². The first-order chi connectivity index (χ1) is 12.5. The van der Waals surface area contributed by atoms with Gasteiger partial charge in [0.2, 0.25) is 0 Å². The predicted molar refractivity (Wildman–Crippen MR) is 96.5 cm³/mol. The lowest BCUT2D eigenvalue weighted by Crippen LogP contribution is -2.05. The van der Waals surface area contributed by atoms with E-state index in [2.05, 4.69) is 11.7 Å². The molecule has 0 saturated carbocycles. The van der Waals surface area contributed by atoms with Gasteiger partial charge in [0, 0.05) is 5.39 Å². The van der Waals surface area contributed by atoms with Crippen LogP contribution in [0.1, 0.15) is 18.9 Å². The van der Waals surface area contributed by atoms with Gasteiger partial charge in [-0.15, -0.1) is 0 Å². The fourth-order valence-electron chi connectivity index (χ4n) is 3.03. The predicted octanol–water partition coefficient (Wildman–Crippen LogP) is 6.21. The first-order valence-electron chi connectivity index (χ1n) is 8.38. The second kappa shape index (κ2) is 7.68. The van der Waals surface area contributed by atoms with Gasteiger partial charge in [0.1, 0.15) is 17.3 Å². The van der Waals surface area contributed by atoms with E-state index in [1.807, 2.05) is 12.1 Å². The maximum Gasteiger partial charge on any atom is 0.387 e. The quantitative estimate of drug-likeness (QED) is 0.520. The van der Waals surface area contributed by atoms with Crippen LogP contribution in [0.3, 0.4) is 0 Å². The number of ether oxygens (including phenoxy) is 2. The Balaban J connectivity index is 2.19. The molecule has 3 aromatic carbocycles. The number of benzene rings is 3. The molecule has 0 atom stereocenters. The second-order valence-electron chi connectivity index (χ2n) is 5.98. The fourth-order valence-corrected chi connectivity index (χ4v) is 3.03. The molecule has 136 valence electrons. The summed E-state index contributed by atoms with van der Waals surface area (Å²) in [5.74, 6) is -0.276. The molecule has 0 amide bonds. The molecule has 0 aliphatic carbocycles. The van der Waals surface area contributed by atoms with Crippen molar-refractivity contribution < 1.29 is 22.6 Å². The van der Waals surface area contributed by atoms with Gasteiger partial charge in [-0.1, -0.05) is 37.6 Å². The van der Waals surface area contributed by atoms with E-state index >= 15 is 4.39 Å². The Morgan fingerprint density at radius 1 is 1.00 bits per heavy atom. The van der Waals surface area contributed by atoms with Gasteiger partial charge in [0.25, 0.3) is 0 Å². The first kappa shape index (κ1) is 18.1. The smallest absolute Gasteiger partial charge is 0.387 e. The van der Waals surface area contributed by atoms with Gasteiger partial charge < -0.3 is 9.47 Å². The summed E-state index contributed by atoms with van der Waals surface area (Å²) in [6.45, 7) is -0.977. The van der Waals surface area contributed by atoms with E-state index in [4.69, 9.17) is 4.74 Å². The maximum atomic E-state index is 15.2. The van der Waals surface area contributed by atoms with Crippen molar-refractivity contribution in [3.8, 4) is 22.6 Å². The molecule has 3 rings (SSSR count). The standard InChI is InChI=1S/C21H19F3O2/c1-3-4-13-5-7-14(8-6-13)19-18(26-21(23)24)12-15-11-16(25-2)9-10-17(15)20(19)22/h5-12,21H,3-4H2,1-2H3. The molecule has 5 heteroatoms. The van der Waals surface area contributed by atoms with Crippen molar-refractivity contribution in [2.45, 2.75) is 26.4 Å². The molecule has 0 saturated heterocycles. The SMILES string of the molecule is CCCc1ccc(-c2c(OC(F)F)cc3cc(OC)ccc3c2F)cc1. The molecule has 0 heterocycles. The van der Waals surface area contributed by atoms with Crippen LogP contribution in [0.15, 0.2) is 48.5 Å². The highest BCUT2D eigenvalue weighted by Crippen LogP contribution is 2.39. The van der Waals surface area contributed by atoms with Crippen LogP contribution < -0.4 is 9.47 Å². The average Bonchev–Trinajstić information content (AvgIpc) is 2.62. The van der Waals surface area contributed by atoms with Gasteiger partial charge in [0.05, 0.1) is 12.7 Å². The van der Waals surface area contributed by atoms with Gasteiger partial charge in [0.15, 0.2) is 0 Å². The highest BCUT2D eigenvalue weighted by atomic mass is 19.3. The Bertz CT molecular complexity index is 905. The van der Waals surface area contributed by atoms with Crippen molar-refractivity contribution >= 4 is 10.8 Å². The van der Waals surface area contributed by atoms with Crippen LogP contribution in [-0.2, 0) is 6.42 Å². The Kier molecular flexibility index (Phi) is 5.35. The largest absolute Gasteiger partial charge is 0.497 e. The van der Waals surface area contributed by atoms with E-state index < -0.39 is 12.4 Å². The molecule has 0 N–H and O–H groups in total. The lowest BCUT2D eigenvalue weighted by molar-refractivity contribution is -0.0494.